The van der Waals surface area contributed by atoms with Crippen molar-refractivity contribution in [2.45, 2.75) is 52.4 Å². The van der Waals surface area contributed by atoms with Crippen LogP contribution in [0.4, 0.5) is 15.0 Å². The van der Waals surface area contributed by atoms with Crippen molar-refractivity contribution in [3.8, 4) is 0 Å². The van der Waals surface area contributed by atoms with Crippen LogP contribution in [0.1, 0.15) is 50.6 Å². The van der Waals surface area contributed by atoms with Crippen LogP contribution in [-0.4, -0.2) is 32.2 Å². The Kier molecular flexibility index (Phi) is 8.94. The Morgan fingerprint density at radius 2 is 2.11 bits per heavy atom. The summed E-state index contributed by atoms with van der Waals surface area (Å²) in [6.45, 7) is 9.77. The van der Waals surface area contributed by atoms with Crippen molar-refractivity contribution in [2.24, 2.45) is 0 Å². The van der Waals surface area contributed by atoms with Crippen molar-refractivity contribution in [1.82, 2.24) is 24.8 Å². The van der Waals surface area contributed by atoms with Gasteiger partial charge in [0.2, 0.25) is 0 Å². The molecule has 0 aliphatic rings. The van der Waals surface area contributed by atoms with Crippen LogP contribution in [0.25, 0.3) is 16.7 Å². The molecular formula is C27H33FN6O2. The molecule has 2 heterocycles. The van der Waals surface area contributed by atoms with Crippen molar-refractivity contribution in [3.63, 3.8) is 0 Å². The van der Waals surface area contributed by atoms with Gasteiger partial charge in [0.05, 0.1) is 12.9 Å². The number of allylic oxidation sites excluding steroid dienone is 5. The van der Waals surface area contributed by atoms with E-state index in [0.717, 1.165) is 17.6 Å². The van der Waals surface area contributed by atoms with E-state index in [-0.39, 0.29) is 13.2 Å². The maximum atomic E-state index is 14.1. The second-order valence-corrected chi connectivity index (χ2v) is 8.75. The molecule has 1 amide bonds. The number of alkyl halides is 1. The first kappa shape index (κ1) is 26.6. The number of ether oxygens (including phenoxy) is 1. The second kappa shape index (κ2) is 12.1. The molecule has 0 saturated carbocycles. The highest BCUT2D eigenvalue weighted by Crippen LogP contribution is 2.25. The number of aromatic nitrogens is 4. The van der Waals surface area contributed by atoms with Gasteiger partial charge in [-0.25, -0.2) is 24.1 Å². The van der Waals surface area contributed by atoms with E-state index in [1.165, 1.54) is 13.8 Å². The van der Waals surface area contributed by atoms with Gasteiger partial charge in [-0.15, -0.1) is 0 Å². The third-order valence-corrected chi connectivity index (χ3v) is 5.55. The number of carbonyl (C=O) groups is 1. The predicted molar refractivity (Wildman–Crippen MR) is 141 cm³/mol. The molecule has 0 aliphatic carbocycles. The standard InChI is InChI=1S/C27H33FN6O2/c1-5-7-12-20(6-2)24-32-23(29)22-25(33-24)34(18-31-22)14-8-9-15-36-26(35)30-17-19-11-10-13-21(16-19)27(3,4)28/h5-7,10-13,16,18H,1,8-9,14-15,17H2,2-4H3,(H,30,35)(H2,29,32,33)/b12-7-,20-6+. The van der Waals surface area contributed by atoms with E-state index in [1.807, 2.05) is 35.8 Å². The normalized spacial score (nSPS) is 12.3. The third kappa shape index (κ3) is 7.00. The Bertz CT molecular complexity index is 1270. The maximum Gasteiger partial charge on any atom is 0.407 e. The first-order valence-corrected chi connectivity index (χ1v) is 11.9. The van der Waals surface area contributed by atoms with E-state index < -0.39 is 11.8 Å². The summed E-state index contributed by atoms with van der Waals surface area (Å²) in [5.41, 5.74) is 8.10. The zero-order chi connectivity index (χ0) is 26.1. The molecule has 2 aromatic heterocycles. The highest BCUT2D eigenvalue weighted by molar-refractivity contribution is 5.84. The number of alkyl carbamates (subject to hydrolysis) is 1. The van der Waals surface area contributed by atoms with E-state index in [0.29, 0.717) is 41.3 Å². The van der Waals surface area contributed by atoms with Crippen LogP contribution >= 0.6 is 0 Å². The number of amides is 1. The third-order valence-electron chi connectivity index (χ3n) is 5.55. The largest absolute Gasteiger partial charge is 0.450 e. The molecule has 0 spiro atoms. The average Bonchev–Trinajstić information content (AvgIpc) is 3.26. The number of aryl methyl sites for hydroxylation is 1. The fourth-order valence-electron chi connectivity index (χ4n) is 3.56. The average molecular weight is 493 g/mol. The van der Waals surface area contributed by atoms with Gasteiger partial charge in [0, 0.05) is 18.7 Å². The SMILES string of the molecule is C=C/C=C\C(=C/C)c1nc(N)c2ncn(CCCCOC(=O)NCc3cccc(C(C)(C)F)c3)c2n1. The lowest BCUT2D eigenvalue weighted by Gasteiger charge is -2.15. The van der Waals surface area contributed by atoms with Crippen LogP contribution in [0.5, 0.6) is 0 Å². The van der Waals surface area contributed by atoms with Crippen LogP contribution in [0.3, 0.4) is 0 Å². The van der Waals surface area contributed by atoms with Crippen molar-refractivity contribution in [1.29, 1.82) is 0 Å². The highest BCUT2D eigenvalue weighted by atomic mass is 19.1. The number of imidazole rings is 1. The number of hydrogen-bond donors (Lipinski definition) is 2. The zero-order valence-electron chi connectivity index (χ0n) is 21.0. The molecule has 1 aromatic carbocycles. The lowest BCUT2D eigenvalue weighted by Crippen LogP contribution is -2.24. The minimum Gasteiger partial charge on any atom is -0.450 e. The van der Waals surface area contributed by atoms with E-state index in [1.54, 1.807) is 30.6 Å². The Balaban J connectivity index is 1.49. The number of anilines is 1. The van der Waals surface area contributed by atoms with Gasteiger partial charge >= 0.3 is 6.09 Å². The van der Waals surface area contributed by atoms with Gasteiger partial charge in [-0.05, 0) is 44.7 Å². The molecule has 0 atom stereocenters. The molecule has 190 valence electrons. The molecule has 0 aliphatic heterocycles. The molecule has 0 radical (unpaired) electrons. The molecule has 9 heteroatoms. The minimum atomic E-state index is -1.44. The molecule has 36 heavy (non-hydrogen) atoms. The maximum absolute atomic E-state index is 14.1. The molecule has 8 nitrogen and oxygen atoms in total. The van der Waals surface area contributed by atoms with Gasteiger partial charge in [-0.3, -0.25) is 0 Å². The van der Waals surface area contributed by atoms with Crippen molar-refractivity contribution < 1.29 is 13.9 Å². The summed E-state index contributed by atoms with van der Waals surface area (Å²) in [5, 5.41) is 2.70. The number of nitrogen functional groups attached to an aromatic ring is 1. The smallest absolute Gasteiger partial charge is 0.407 e. The number of carbonyl (C=O) groups excluding carboxylic acids is 1. The van der Waals surface area contributed by atoms with Crippen LogP contribution in [-0.2, 0) is 23.5 Å². The Hall–Kier alpha value is -4.01. The molecule has 0 saturated heterocycles. The summed E-state index contributed by atoms with van der Waals surface area (Å²) in [4.78, 5) is 25.4. The van der Waals surface area contributed by atoms with Gasteiger partial charge in [0.15, 0.2) is 17.3 Å². The number of benzene rings is 1. The van der Waals surface area contributed by atoms with E-state index in [2.05, 4.69) is 26.8 Å². The molecule has 3 rings (SSSR count). The number of nitrogens with one attached hydrogen (secondary N) is 1. The van der Waals surface area contributed by atoms with Gasteiger partial charge < -0.3 is 20.4 Å². The van der Waals surface area contributed by atoms with Crippen LogP contribution in [0, 0.1) is 0 Å². The Morgan fingerprint density at radius 1 is 1.31 bits per heavy atom. The number of hydrogen-bond acceptors (Lipinski definition) is 6. The Morgan fingerprint density at radius 3 is 2.83 bits per heavy atom. The van der Waals surface area contributed by atoms with E-state index in [4.69, 9.17) is 10.5 Å². The predicted octanol–water partition coefficient (Wildman–Crippen LogP) is 5.47. The van der Waals surface area contributed by atoms with Crippen LogP contribution in [0.15, 0.2) is 61.5 Å². The summed E-state index contributed by atoms with van der Waals surface area (Å²) in [6.07, 6.45) is 9.86. The van der Waals surface area contributed by atoms with Crippen molar-refractivity contribution >= 4 is 28.6 Å². The van der Waals surface area contributed by atoms with Crippen molar-refractivity contribution in [3.05, 3.63) is 78.4 Å². The van der Waals surface area contributed by atoms with Crippen LogP contribution < -0.4 is 11.1 Å². The minimum absolute atomic E-state index is 0.267. The molecule has 0 unspecified atom stereocenters. The molecule has 0 fully saturated rings. The molecule has 3 aromatic rings. The van der Waals surface area contributed by atoms with Gasteiger partial charge in [0.1, 0.15) is 11.2 Å². The summed E-state index contributed by atoms with van der Waals surface area (Å²) in [7, 11) is 0. The summed E-state index contributed by atoms with van der Waals surface area (Å²) < 4.78 is 21.3. The fraction of sp³-hybridized carbons (Fsp3) is 0.333. The summed E-state index contributed by atoms with van der Waals surface area (Å²) in [6, 6.07) is 7.08. The number of rotatable bonds is 11. The first-order valence-electron chi connectivity index (χ1n) is 11.9. The number of nitrogens with zero attached hydrogens (tertiary/aromatic N) is 4. The van der Waals surface area contributed by atoms with E-state index >= 15 is 0 Å². The first-order chi connectivity index (χ1) is 17.2. The number of fused-ring (bicyclic) bond motifs is 1. The number of halogens is 1. The second-order valence-electron chi connectivity index (χ2n) is 8.75. The summed E-state index contributed by atoms with van der Waals surface area (Å²) in [5.74, 6) is 0.837. The van der Waals surface area contributed by atoms with Gasteiger partial charge in [0.25, 0.3) is 0 Å². The van der Waals surface area contributed by atoms with Gasteiger partial charge in [-0.2, -0.15) is 0 Å². The number of nitrogens with two attached hydrogens (primary N) is 1. The van der Waals surface area contributed by atoms with Crippen molar-refractivity contribution in [2.75, 3.05) is 12.3 Å². The lowest BCUT2D eigenvalue weighted by molar-refractivity contribution is 0.143. The monoisotopic (exact) mass is 492 g/mol. The number of unbranched alkanes of at least 4 members (excludes halogenated alkanes) is 1. The van der Waals surface area contributed by atoms with Gasteiger partial charge in [-0.1, -0.05) is 55.1 Å². The fourth-order valence-corrected chi connectivity index (χ4v) is 3.56. The quantitative estimate of drug-likeness (QED) is 0.272. The van der Waals surface area contributed by atoms with Crippen LogP contribution in [0.2, 0.25) is 0 Å². The highest BCUT2D eigenvalue weighted by Gasteiger charge is 2.18. The molecule has 0 bridgehead atoms. The topological polar surface area (TPSA) is 108 Å². The van der Waals surface area contributed by atoms with E-state index in [9.17, 15) is 9.18 Å². The molecule has 3 N–H and O–H groups in total. The lowest BCUT2D eigenvalue weighted by atomic mass is 9.98. The summed E-state index contributed by atoms with van der Waals surface area (Å²) >= 11 is 0. The Labute approximate surface area is 210 Å². The zero-order valence-corrected chi connectivity index (χ0v) is 21.0. The molecular weight excluding hydrogens is 459 g/mol.